The van der Waals surface area contributed by atoms with Crippen molar-refractivity contribution in [3.05, 3.63) is 60.0 Å². The molecule has 4 nitrogen and oxygen atoms in total. The van der Waals surface area contributed by atoms with E-state index in [2.05, 4.69) is 4.90 Å². The number of nitrogens with zero attached hydrogens (tertiary/aromatic N) is 2. The second-order valence-corrected chi connectivity index (χ2v) is 7.46. The molecule has 3 rings (SSSR count). The largest absolute Gasteiger partial charge is 0.496 e. The van der Waals surface area contributed by atoms with Crippen molar-refractivity contribution in [2.75, 3.05) is 27.7 Å². The molecule has 0 aliphatic carbocycles. The number of halogens is 1. The van der Waals surface area contributed by atoms with Crippen LogP contribution in [0, 0.1) is 5.82 Å². The Bertz CT molecular complexity index is 907. The number of aromatic nitrogens is 1. The van der Waals surface area contributed by atoms with Crippen molar-refractivity contribution in [2.24, 2.45) is 0 Å². The first-order chi connectivity index (χ1) is 12.0. The number of likely N-dealkylation sites (N-methyl/N-ethyl adjacent to an activating group) is 1. The normalized spacial score (nSPS) is 12.7. The molecule has 0 radical (unpaired) electrons. The number of benzene rings is 2. The second-order valence-electron chi connectivity index (χ2n) is 6.10. The molecule has 0 amide bonds. The maximum absolute atomic E-state index is 14.1. The van der Waals surface area contributed by atoms with Gasteiger partial charge in [0, 0.05) is 24.2 Å². The number of methoxy groups -OCH3 is 1. The first-order valence-electron chi connectivity index (χ1n) is 8.00. The highest BCUT2D eigenvalue weighted by Crippen LogP contribution is 2.33. The molecule has 1 heterocycles. The van der Waals surface area contributed by atoms with E-state index in [4.69, 9.17) is 4.74 Å². The molecule has 2 aromatic carbocycles. The van der Waals surface area contributed by atoms with Crippen molar-refractivity contribution in [3.8, 4) is 5.75 Å². The van der Waals surface area contributed by atoms with Crippen LogP contribution in [-0.4, -0.2) is 40.8 Å². The van der Waals surface area contributed by atoms with Gasteiger partial charge >= 0.3 is 0 Å². The molecule has 0 saturated carbocycles. The van der Waals surface area contributed by atoms with Crippen LogP contribution in [0.25, 0.3) is 10.9 Å². The molecule has 0 spiro atoms. The molecule has 132 valence electrons. The van der Waals surface area contributed by atoms with Crippen LogP contribution in [0.4, 0.5) is 4.39 Å². The number of fused-ring (bicyclic) bond motifs is 1. The van der Waals surface area contributed by atoms with Crippen molar-refractivity contribution >= 4 is 21.9 Å². The number of ether oxygens (including phenoxy) is 1. The van der Waals surface area contributed by atoms with Crippen LogP contribution in [0.5, 0.6) is 5.75 Å². The first-order valence-corrected chi connectivity index (χ1v) is 9.11. The van der Waals surface area contributed by atoms with Gasteiger partial charge < -0.3 is 9.64 Å². The predicted molar refractivity (Wildman–Crippen MR) is 99.0 cm³/mol. The van der Waals surface area contributed by atoms with Crippen LogP contribution in [0.15, 0.2) is 53.6 Å². The Morgan fingerprint density at radius 1 is 1.20 bits per heavy atom. The molecule has 0 aliphatic heterocycles. The molecule has 0 bridgehead atoms. The summed E-state index contributed by atoms with van der Waals surface area (Å²) in [5.74, 6) is 0.0560. The smallest absolute Gasteiger partial charge is 0.157 e. The Balaban J connectivity index is 2.18. The molecule has 25 heavy (non-hydrogen) atoms. The fourth-order valence-corrected chi connectivity index (χ4v) is 3.99. The molecule has 6 heteroatoms. The van der Waals surface area contributed by atoms with Crippen LogP contribution >= 0.6 is 0 Å². The van der Waals surface area contributed by atoms with Crippen LogP contribution < -0.4 is 4.74 Å². The van der Waals surface area contributed by atoms with Gasteiger partial charge in [-0.3, -0.25) is 3.97 Å². The minimum atomic E-state index is -1.45. The maximum atomic E-state index is 14.1. The fourth-order valence-electron chi connectivity index (χ4n) is 2.82. The van der Waals surface area contributed by atoms with Crippen LogP contribution in [0.2, 0.25) is 0 Å². The van der Waals surface area contributed by atoms with Gasteiger partial charge in [0.05, 0.1) is 17.5 Å². The molecule has 3 aromatic rings. The summed E-state index contributed by atoms with van der Waals surface area (Å²) in [6.45, 7) is 0.831. The molecule has 1 atom stereocenters. The maximum Gasteiger partial charge on any atom is 0.157 e. The van der Waals surface area contributed by atoms with Gasteiger partial charge in [0.1, 0.15) is 11.6 Å². The Labute approximate surface area is 149 Å². The van der Waals surface area contributed by atoms with Crippen LogP contribution in [0.3, 0.4) is 0 Å². The summed E-state index contributed by atoms with van der Waals surface area (Å²) < 4.78 is 34.1. The SMILES string of the molecule is COc1cc(F)cc2c1c(CCN(C)C)cn2S(=O)c1ccccc1. The predicted octanol–water partition coefficient (Wildman–Crippen LogP) is 3.46. The van der Waals surface area contributed by atoms with E-state index in [1.807, 2.05) is 38.5 Å². The van der Waals surface area contributed by atoms with Gasteiger partial charge in [0.25, 0.3) is 0 Å². The molecule has 1 aromatic heterocycles. The highest BCUT2D eigenvalue weighted by molar-refractivity contribution is 7.83. The van der Waals surface area contributed by atoms with Crippen LogP contribution in [-0.2, 0) is 17.4 Å². The monoisotopic (exact) mass is 360 g/mol. The van der Waals surface area contributed by atoms with Crippen LogP contribution in [0.1, 0.15) is 5.56 Å². The van der Waals surface area contributed by atoms with E-state index in [9.17, 15) is 8.60 Å². The van der Waals surface area contributed by atoms with Crippen molar-refractivity contribution in [3.63, 3.8) is 0 Å². The molecule has 0 fully saturated rings. The zero-order chi connectivity index (χ0) is 18.0. The molecule has 1 unspecified atom stereocenters. The highest BCUT2D eigenvalue weighted by Gasteiger charge is 2.19. The minimum Gasteiger partial charge on any atom is -0.496 e. The Hall–Kier alpha value is -2.18. The Morgan fingerprint density at radius 2 is 1.92 bits per heavy atom. The lowest BCUT2D eigenvalue weighted by molar-refractivity contribution is 0.410. The Morgan fingerprint density at radius 3 is 2.56 bits per heavy atom. The molecular formula is C19H21FN2O2S. The van der Waals surface area contributed by atoms with E-state index >= 15 is 0 Å². The van der Waals surface area contributed by atoms with Crippen molar-refractivity contribution < 1.29 is 13.3 Å². The summed E-state index contributed by atoms with van der Waals surface area (Å²) in [5.41, 5.74) is 1.57. The Kier molecular flexibility index (Phi) is 5.20. The van der Waals surface area contributed by atoms with E-state index in [0.717, 1.165) is 23.9 Å². The summed E-state index contributed by atoms with van der Waals surface area (Å²) >= 11 is 0. The summed E-state index contributed by atoms with van der Waals surface area (Å²) in [7, 11) is 4.07. The third kappa shape index (κ3) is 3.60. The average Bonchev–Trinajstić information content (AvgIpc) is 2.97. The van der Waals surface area contributed by atoms with Gasteiger partial charge in [-0.1, -0.05) is 18.2 Å². The topological polar surface area (TPSA) is 34.5 Å². The van der Waals surface area contributed by atoms with Gasteiger partial charge in [-0.05, 0) is 44.3 Å². The van der Waals surface area contributed by atoms with Gasteiger partial charge in [-0.25, -0.2) is 8.60 Å². The number of rotatable bonds is 6. The lowest BCUT2D eigenvalue weighted by atomic mass is 10.1. The van der Waals surface area contributed by atoms with E-state index in [1.165, 1.54) is 19.2 Å². The fraction of sp³-hybridized carbons (Fsp3) is 0.263. The lowest BCUT2D eigenvalue weighted by Gasteiger charge is -2.09. The summed E-state index contributed by atoms with van der Waals surface area (Å²) in [5, 5.41) is 0.815. The number of hydrogen-bond acceptors (Lipinski definition) is 3. The standard InChI is InChI=1S/C19H21FN2O2S/c1-21(2)10-9-14-13-22(25(23)16-7-5-4-6-8-16)17-11-15(20)12-18(24-3)19(14)17/h4-8,11-13H,9-10H2,1-3H3. The molecule has 0 aliphatic rings. The van der Waals surface area contributed by atoms with Gasteiger partial charge in [0.2, 0.25) is 0 Å². The average molecular weight is 360 g/mol. The zero-order valence-corrected chi connectivity index (χ0v) is 15.3. The van der Waals surface area contributed by atoms with Gasteiger partial charge in [-0.15, -0.1) is 0 Å². The first kappa shape index (κ1) is 17.6. The zero-order valence-electron chi connectivity index (χ0n) is 14.5. The van der Waals surface area contributed by atoms with E-state index in [1.54, 1.807) is 16.1 Å². The molecular weight excluding hydrogens is 339 g/mol. The second kappa shape index (κ2) is 7.37. The van der Waals surface area contributed by atoms with Gasteiger partial charge in [0.15, 0.2) is 11.0 Å². The highest BCUT2D eigenvalue weighted by atomic mass is 32.2. The quantitative estimate of drug-likeness (QED) is 0.675. The molecule has 0 saturated heterocycles. The lowest BCUT2D eigenvalue weighted by Crippen LogP contribution is -2.15. The van der Waals surface area contributed by atoms with Crippen molar-refractivity contribution in [1.29, 1.82) is 0 Å². The summed E-state index contributed by atoms with van der Waals surface area (Å²) in [6.07, 6.45) is 2.60. The van der Waals surface area contributed by atoms with E-state index < -0.39 is 16.8 Å². The third-order valence-corrected chi connectivity index (χ3v) is 5.38. The summed E-state index contributed by atoms with van der Waals surface area (Å²) in [4.78, 5) is 2.75. The summed E-state index contributed by atoms with van der Waals surface area (Å²) in [6, 6.07) is 11.9. The third-order valence-electron chi connectivity index (χ3n) is 4.05. The van der Waals surface area contributed by atoms with Gasteiger partial charge in [-0.2, -0.15) is 0 Å². The van der Waals surface area contributed by atoms with Crippen molar-refractivity contribution in [2.45, 2.75) is 11.3 Å². The van der Waals surface area contributed by atoms with E-state index in [0.29, 0.717) is 16.2 Å². The van der Waals surface area contributed by atoms with E-state index in [-0.39, 0.29) is 0 Å². The number of hydrogen-bond donors (Lipinski definition) is 0. The van der Waals surface area contributed by atoms with Crippen molar-refractivity contribution in [1.82, 2.24) is 8.87 Å². The minimum absolute atomic E-state index is 0.409. The molecule has 0 N–H and O–H groups in total.